The van der Waals surface area contributed by atoms with Crippen molar-refractivity contribution >= 4 is 23.5 Å². The summed E-state index contributed by atoms with van der Waals surface area (Å²) in [5, 5.41) is 12.0. The molecule has 5 nitrogen and oxygen atoms in total. The molecule has 116 valence electrons. The minimum Gasteiger partial charge on any atom is -0.491 e. The number of halogens is 1. The number of carbonyl (C=O) groups is 2. The lowest BCUT2D eigenvalue weighted by Crippen LogP contribution is -2.41. The van der Waals surface area contributed by atoms with Crippen molar-refractivity contribution in [3.8, 4) is 5.75 Å². The van der Waals surface area contributed by atoms with Gasteiger partial charge in [0.05, 0.1) is 18.1 Å². The van der Waals surface area contributed by atoms with E-state index in [1.165, 1.54) is 0 Å². The van der Waals surface area contributed by atoms with E-state index >= 15 is 0 Å². The van der Waals surface area contributed by atoms with Crippen molar-refractivity contribution in [3.05, 3.63) is 29.3 Å². The average Bonchev–Trinajstić information content (AvgIpc) is 2.45. The molecule has 6 heteroatoms. The zero-order chi connectivity index (χ0) is 15.7. The fraction of sp³-hybridized carbons (Fsp3) is 0.467. The van der Waals surface area contributed by atoms with Gasteiger partial charge in [-0.15, -0.1) is 0 Å². The molecule has 0 aliphatic heterocycles. The van der Waals surface area contributed by atoms with Crippen molar-refractivity contribution in [3.63, 3.8) is 0 Å². The first kappa shape index (κ1) is 17.3. The fourth-order valence-electron chi connectivity index (χ4n) is 1.75. The molecule has 2 N–H and O–H groups in total. The Morgan fingerprint density at radius 3 is 2.71 bits per heavy atom. The Morgan fingerprint density at radius 2 is 2.10 bits per heavy atom. The molecular weight excluding hydrogens is 294 g/mol. The van der Waals surface area contributed by atoms with Gasteiger partial charge in [0.25, 0.3) is 0 Å². The maximum Gasteiger partial charge on any atom is 0.326 e. The minimum atomic E-state index is -1.01. The number of benzene rings is 1. The highest BCUT2D eigenvalue weighted by molar-refractivity contribution is 6.32. The van der Waals surface area contributed by atoms with Crippen LogP contribution in [0.1, 0.15) is 32.6 Å². The first-order valence-electron chi connectivity index (χ1n) is 6.94. The highest BCUT2D eigenvalue weighted by Crippen LogP contribution is 2.22. The van der Waals surface area contributed by atoms with Crippen LogP contribution >= 0.6 is 11.6 Å². The first-order chi connectivity index (χ1) is 10.0. The summed E-state index contributed by atoms with van der Waals surface area (Å²) in [5.41, 5.74) is 0. The van der Waals surface area contributed by atoms with E-state index in [4.69, 9.17) is 21.4 Å². The number of hydrogen-bond donors (Lipinski definition) is 2. The molecule has 1 amide bonds. The second-order valence-corrected chi connectivity index (χ2v) is 5.04. The molecule has 1 aromatic carbocycles. The third kappa shape index (κ3) is 6.49. The molecule has 0 fully saturated rings. The zero-order valence-corrected chi connectivity index (χ0v) is 12.7. The van der Waals surface area contributed by atoms with Crippen molar-refractivity contribution in [2.45, 2.75) is 38.6 Å². The van der Waals surface area contributed by atoms with Crippen LogP contribution < -0.4 is 10.1 Å². The van der Waals surface area contributed by atoms with Gasteiger partial charge in [0.1, 0.15) is 11.8 Å². The third-order valence-electron chi connectivity index (χ3n) is 2.90. The van der Waals surface area contributed by atoms with E-state index in [-0.39, 0.29) is 18.9 Å². The number of aliphatic carboxylic acids is 1. The largest absolute Gasteiger partial charge is 0.491 e. The first-order valence-corrected chi connectivity index (χ1v) is 7.32. The third-order valence-corrected chi connectivity index (χ3v) is 3.22. The smallest absolute Gasteiger partial charge is 0.326 e. The Hall–Kier alpha value is -1.75. The highest BCUT2D eigenvalue weighted by atomic mass is 35.5. The molecule has 1 unspecified atom stereocenters. The van der Waals surface area contributed by atoms with Crippen molar-refractivity contribution in [2.24, 2.45) is 0 Å². The Bertz CT molecular complexity index is 478. The number of carboxylic acids is 1. The molecule has 21 heavy (non-hydrogen) atoms. The van der Waals surface area contributed by atoms with Gasteiger partial charge in [-0.05, 0) is 18.6 Å². The van der Waals surface area contributed by atoms with Gasteiger partial charge >= 0.3 is 5.97 Å². The number of nitrogens with one attached hydrogen (secondary N) is 1. The van der Waals surface area contributed by atoms with Gasteiger partial charge < -0.3 is 15.2 Å². The summed E-state index contributed by atoms with van der Waals surface area (Å²) in [6.07, 6.45) is 2.16. The predicted molar refractivity (Wildman–Crippen MR) is 80.7 cm³/mol. The van der Waals surface area contributed by atoms with E-state index in [9.17, 15) is 9.59 Å². The maximum absolute atomic E-state index is 11.7. The molecular formula is C15H20ClNO4. The number of para-hydroxylation sites is 1. The SMILES string of the molecule is CCCCC(NC(=O)CCOc1ccccc1Cl)C(=O)O. The van der Waals surface area contributed by atoms with Crippen LogP contribution in [0.25, 0.3) is 0 Å². The van der Waals surface area contributed by atoms with Crippen LogP contribution in [0.5, 0.6) is 5.75 Å². The van der Waals surface area contributed by atoms with Crippen LogP contribution in [0.2, 0.25) is 5.02 Å². The van der Waals surface area contributed by atoms with Crippen molar-refractivity contribution in [1.82, 2.24) is 5.32 Å². The number of amides is 1. The van der Waals surface area contributed by atoms with E-state index in [0.29, 0.717) is 17.2 Å². The van der Waals surface area contributed by atoms with Crippen LogP contribution in [-0.2, 0) is 9.59 Å². The predicted octanol–water partition coefficient (Wildman–Crippen LogP) is 2.87. The molecule has 1 aromatic rings. The number of unbranched alkanes of at least 4 members (excludes halogenated alkanes) is 1. The number of ether oxygens (including phenoxy) is 1. The minimum absolute atomic E-state index is 0.0845. The Kier molecular flexibility index (Phi) is 7.61. The van der Waals surface area contributed by atoms with E-state index in [2.05, 4.69) is 5.32 Å². The molecule has 0 aliphatic carbocycles. The number of rotatable bonds is 9. The van der Waals surface area contributed by atoms with Crippen molar-refractivity contribution in [2.75, 3.05) is 6.61 Å². The quantitative estimate of drug-likeness (QED) is 0.735. The van der Waals surface area contributed by atoms with Crippen LogP contribution in [-0.4, -0.2) is 29.6 Å². The number of carbonyl (C=O) groups excluding carboxylic acids is 1. The van der Waals surface area contributed by atoms with E-state index in [1.807, 2.05) is 6.92 Å². The molecule has 0 bridgehead atoms. The van der Waals surface area contributed by atoms with Crippen LogP contribution in [0.4, 0.5) is 0 Å². The molecule has 0 aromatic heterocycles. The maximum atomic E-state index is 11.7. The average molecular weight is 314 g/mol. The summed E-state index contributed by atoms with van der Waals surface area (Å²) in [5.74, 6) is -0.845. The summed E-state index contributed by atoms with van der Waals surface area (Å²) < 4.78 is 5.39. The summed E-state index contributed by atoms with van der Waals surface area (Å²) in [7, 11) is 0. The highest BCUT2D eigenvalue weighted by Gasteiger charge is 2.18. The van der Waals surface area contributed by atoms with Gasteiger partial charge in [-0.2, -0.15) is 0 Å². The molecule has 0 radical (unpaired) electrons. The second-order valence-electron chi connectivity index (χ2n) is 4.63. The molecule has 1 atom stereocenters. The Balaban J connectivity index is 2.36. The number of hydrogen-bond acceptors (Lipinski definition) is 3. The normalized spacial score (nSPS) is 11.7. The molecule has 0 saturated carbocycles. The van der Waals surface area contributed by atoms with Gasteiger partial charge in [-0.1, -0.05) is 43.5 Å². The standard InChI is InChI=1S/C15H20ClNO4/c1-2-3-7-12(15(19)20)17-14(18)9-10-21-13-8-5-4-6-11(13)16/h4-6,8,12H,2-3,7,9-10H2,1H3,(H,17,18)(H,19,20). The van der Waals surface area contributed by atoms with Crippen LogP contribution in [0.3, 0.4) is 0 Å². The lowest BCUT2D eigenvalue weighted by molar-refractivity contribution is -0.142. The second kappa shape index (κ2) is 9.23. The monoisotopic (exact) mass is 313 g/mol. The van der Waals surface area contributed by atoms with Crippen molar-refractivity contribution < 1.29 is 19.4 Å². The van der Waals surface area contributed by atoms with Gasteiger partial charge in [0, 0.05) is 0 Å². The molecule has 0 heterocycles. The summed E-state index contributed by atoms with van der Waals surface area (Å²) in [6, 6.07) is 6.14. The molecule has 0 spiro atoms. The van der Waals surface area contributed by atoms with E-state index in [0.717, 1.165) is 12.8 Å². The van der Waals surface area contributed by atoms with Gasteiger partial charge in [-0.3, -0.25) is 4.79 Å². The zero-order valence-electron chi connectivity index (χ0n) is 12.0. The van der Waals surface area contributed by atoms with Gasteiger partial charge in [0.2, 0.25) is 5.91 Å². The molecule has 0 saturated heterocycles. The Labute approximate surface area is 129 Å². The summed E-state index contributed by atoms with van der Waals surface area (Å²) in [6.45, 7) is 2.12. The lowest BCUT2D eigenvalue weighted by atomic mass is 10.1. The summed E-state index contributed by atoms with van der Waals surface area (Å²) >= 11 is 5.92. The summed E-state index contributed by atoms with van der Waals surface area (Å²) in [4.78, 5) is 22.7. The van der Waals surface area contributed by atoms with Crippen LogP contribution in [0, 0.1) is 0 Å². The van der Waals surface area contributed by atoms with E-state index < -0.39 is 12.0 Å². The Morgan fingerprint density at radius 1 is 1.38 bits per heavy atom. The molecule has 1 rings (SSSR count). The van der Waals surface area contributed by atoms with Gasteiger partial charge in [0.15, 0.2) is 0 Å². The van der Waals surface area contributed by atoms with E-state index in [1.54, 1.807) is 24.3 Å². The fourth-order valence-corrected chi connectivity index (χ4v) is 1.94. The van der Waals surface area contributed by atoms with Crippen LogP contribution in [0.15, 0.2) is 24.3 Å². The van der Waals surface area contributed by atoms with Gasteiger partial charge in [-0.25, -0.2) is 4.79 Å². The molecule has 0 aliphatic rings. The number of carboxylic acid groups (broad SMARTS) is 1. The lowest BCUT2D eigenvalue weighted by Gasteiger charge is -2.14. The topological polar surface area (TPSA) is 75.6 Å². The van der Waals surface area contributed by atoms with Crippen molar-refractivity contribution in [1.29, 1.82) is 0 Å².